The quantitative estimate of drug-likeness (QED) is 0.630. The van der Waals surface area contributed by atoms with Crippen molar-refractivity contribution in [3.05, 3.63) is 37.0 Å². The highest BCUT2D eigenvalue weighted by Crippen LogP contribution is 2.04. The molecule has 13 heteroatoms. The molecule has 0 spiro atoms. The van der Waals surface area contributed by atoms with E-state index in [9.17, 15) is 18.0 Å². The number of hydrogen-bond acceptors (Lipinski definition) is 12. The van der Waals surface area contributed by atoms with Crippen LogP contribution in [-0.4, -0.2) is 50.3 Å². The van der Waals surface area contributed by atoms with Crippen LogP contribution in [0.2, 0.25) is 0 Å². The highest BCUT2D eigenvalue weighted by Gasteiger charge is 2.27. The van der Waals surface area contributed by atoms with Gasteiger partial charge in [0.2, 0.25) is 11.6 Å². The maximum atomic E-state index is 11.4. The lowest BCUT2D eigenvalue weighted by molar-refractivity contribution is 0.0633. The van der Waals surface area contributed by atoms with Crippen LogP contribution in [0.25, 0.3) is 0 Å². The summed E-state index contributed by atoms with van der Waals surface area (Å²) in [5.74, 6) is -4.05. The zero-order chi connectivity index (χ0) is 15.3. The third-order valence-corrected chi connectivity index (χ3v) is 2.42. The molecular formula is C8H4N6O6S. The van der Waals surface area contributed by atoms with Gasteiger partial charge in [-0.2, -0.15) is 0 Å². The minimum absolute atomic E-state index is 0.579. The molecule has 0 atom stereocenters. The topological polar surface area (TPSA) is 164 Å². The summed E-state index contributed by atoms with van der Waals surface area (Å²) in [7, 11) is -4.98. The van der Waals surface area contributed by atoms with E-state index in [0.717, 1.165) is 25.3 Å². The van der Waals surface area contributed by atoms with Crippen molar-refractivity contribution >= 4 is 22.3 Å². The zero-order valence-electron chi connectivity index (χ0n) is 9.85. The molecule has 0 saturated carbocycles. The van der Waals surface area contributed by atoms with E-state index in [0.29, 0.717) is 0 Å². The molecule has 2 rings (SSSR count). The van der Waals surface area contributed by atoms with E-state index in [1.807, 2.05) is 0 Å². The van der Waals surface area contributed by atoms with Gasteiger partial charge in [0, 0.05) is 0 Å². The molecule has 2 aromatic rings. The van der Waals surface area contributed by atoms with Gasteiger partial charge in [-0.1, -0.05) is 0 Å². The summed E-state index contributed by atoms with van der Waals surface area (Å²) in [6.07, 6.45) is 3.81. The van der Waals surface area contributed by atoms with Crippen LogP contribution >= 0.6 is 0 Å². The first-order valence-electron chi connectivity index (χ1n) is 4.94. The van der Waals surface area contributed by atoms with Crippen molar-refractivity contribution in [2.45, 2.75) is 0 Å². The lowest BCUT2D eigenvalue weighted by Crippen LogP contribution is -2.22. The summed E-state index contributed by atoms with van der Waals surface area (Å²) >= 11 is 0. The Labute approximate surface area is 116 Å². The third-order valence-electron chi connectivity index (χ3n) is 1.71. The molecule has 0 unspecified atom stereocenters. The van der Waals surface area contributed by atoms with Gasteiger partial charge in [-0.25, -0.2) is 39.5 Å². The molecule has 0 aliphatic rings. The van der Waals surface area contributed by atoms with E-state index in [1.165, 1.54) is 0 Å². The Morgan fingerprint density at radius 1 is 0.762 bits per heavy atom. The van der Waals surface area contributed by atoms with Gasteiger partial charge in [-0.3, -0.25) is 0 Å². The Morgan fingerprint density at radius 2 is 1.10 bits per heavy atom. The number of rotatable bonds is 4. The Bertz CT molecular complexity index is 692. The maximum Gasteiger partial charge on any atom is 0.506 e. The zero-order valence-corrected chi connectivity index (χ0v) is 10.7. The highest BCUT2D eigenvalue weighted by atomic mass is 32.3. The SMILES string of the molecule is O=C(OS(=O)(=O)OC(=O)c1ncncn1)c1ncncn1. The first kappa shape index (κ1) is 14.3. The lowest BCUT2D eigenvalue weighted by atomic mass is 10.6. The van der Waals surface area contributed by atoms with Crippen LogP contribution in [0.5, 0.6) is 0 Å². The fourth-order valence-corrected chi connectivity index (χ4v) is 1.52. The van der Waals surface area contributed by atoms with E-state index >= 15 is 0 Å². The number of aromatic nitrogens is 6. The van der Waals surface area contributed by atoms with Crippen LogP contribution in [0.4, 0.5) is 0 Å². The van der Waals surface area contributed by atoms with Gasteiger partial charge in [0.05, 0.1) is 0 Å². The van der Waals surface area contributed by atoms with Crippen molar-refractivity contribution < 1.29 is 26.4 Å². The first-order valence-corrected chi connectivity index (χ1v) is 6.28. The minimum atomic E-state index is -4.98. The van der Waals surface area contributed by atoms with Crippen molar-refractivity contribution in [3.8, 4) is 0 Å². The second-order valence-corrected chi connectivity index (χ2v) is 4.22. The molecule has 0 saturated heterocycles. The van der Waals surface area contributed by atoms with Gasteiger partial charge in [0.1, 0.15) is 25.3 Å². The predicted molar refractivity (Wildman–Crippen MR) is 59.4 cm³/mol. The van der Waals surface area contributed by atoms with Crippen molar-refractivity contribution in [1.29, 1.82) is 0 Å². The second-order valence-electron chi connectivity index (χ2n) is 3.07. The molecule has 2 aromatic heterocycles. The van der Waals surface area contributed by atoms with E-state index in [2.05, 4.69) is 38.3 Å². The standard InChI is InChI=1S/C8H4N6O6S/c15-7(5-11-1-9-2-12-5)19-21(17,18)20-8(16)6-13-3-10-4-14-6/h1-4H. The van der Waals surface area contributed by atoms with Crippen LogP contribution in [0.3, 0.4) is 0 Å². The molecule has 0 radical (unpaired) electrons. The number of carbonyl (C=O) groups is 2. The van der Waals surface area contributed by atoms with Crippen molar-refractivity contribution in [2.75, 3.05) is 0 Å². The molecule has 0 fully saturated rings. The second kappa shape index (κ2) is 5.91. The molecule has 0 aliphatic heterocycles. The van der Waals surface area contributed by atoms with Crippen LogP contribution in [0.1, 0.15) is 21.2 Å². The van der Waals surface area contributed by atoms with Crippen LogP contribution in [0.15, 0.2) is 25.3 Å². The Morgan fingerprint density at radius 3 is 1.43 bits per heavy atom. The van der Waals surface area contributed by atoms with E-state index in [-0.39, 0.29) is 0 Å². The number of hydrogen-bond donors (Lipinski definition) is 0. The average Bonchev–Trinajstić information content (AvgIpc) is 2.48. The normalized spacial score (nSPS) is 10.7. The van der Waals surface area contributed by atoms with E-state index < -0.39 is 34.0 Å². The minimum Gasteiger partial charge on any atom is -0.308 e. The summed E-state index contributed by atoms with van der Waals surface area (Å²) in [4.78, 5) is 43.1. The molecule has 12 nitrogen and oxygen atoms in total. The molecule has 0 N–H and O–H groups in total. The maximum absolute atomic E-state index is 11.4. The monoisotopic (exact) mass is 312 g/mol. The number of carbonyl (C=O) groups excluding carboxylic acids is 2. The molecule has 0 aromatic carbocycles. The van der Waals surface area contributed by atoms with E-state index in [1.54, 1.807) is 0 Å². The van der Waals surface area contributed by atoms with Gasteiger partial charge in [0.25, 0.3) is 0 Å². The fraction of sp³-hybridized carbons (Fsp3) is 0. The number of nitrogens with zero attached hydrogens (tertiary/aromatic N) is 6. The Balaban J connectivity index is 2.06. The highest BCUT2D eigenvalue weighted by molar-refractivity contribution is 7.82. The molecule has 0 amide bonds. The van der Waals surface area contributed by atoms with Crippen molar-refractivity contribution in [3.63, 3.8) is 0 Å². The summed E-state index contributed by atoms with van der Waals surface area (Å²) in [5, 5.41) is 0. The summed E-state index contributed by atoms with van der Waals surface area (Å²) in [5.41, 5.74) is 0. The summed E-state index contributed by atoms with van der Waals surface area (Å²) in [6, 6.07) is 0. The molecule has 108 valence electrons. The third kappa shape index (κ3) is 3.93. The van der Waals surface area contributed by atoms with Gasteiger partial charge in [-0.05, 0) is 0 Å². The lowest BCUT2D eigenvalue weighted by Gasteiger charge is -2.03. The predicted octanol–water partition coefficient (Wildman–Crippen LogP) is -1.68. The molecule has 21 heavy (non-hydrogen) atoms. The van der Waals surface area contributed by atoms with Crippen molar-refractivity contribution in [1.82, 2.24) is 29.9 Å². The first-order chi connectivity index (χ1) is 9.98. The van der Waals surface area contributed by atoms with Crippen LogP contribution < -0.4 is 0 Å². The average molecular weight is 312 g/mol. The van der Waals surface area contributed by atoms with E-state index in [4.69, 9.17) is 0 Å². The Hall–Kier alpha value is -3.09. The smallest absolute Gasteiger partial charge is 0.308 e. The molecule has 0 aliphatic carbocycles. The van der Waals surface area contributed by atoms with Crippen molar-refractivity contribution in [2.24, 2.45) is 0 Å². The van der Waals surface area contributed by atoms with Crippen LogP contribution in [0, 0.1) is 0 Å². The van der Waals surface area contributed by atoms with Gasteiger partial charge < -0.3 is 8.37 Å². The summed E-state index contributed by atoms with van der Waals surface area (Å²) < 4.78 is 30.7. The molecule has 0 bridgehead atoms. The van der Waals surface area contributed by atoms with Gasteiger partial charge in [-0.15, -0.1) is 8.42 Å². The molecular weight excluding hydrogens is 308 g/mol. The fourth-order valence-electron chi connectivity index (χ4n) is 0.966. The Kier molecular flexibility index (Phi) is 4.03. The largest absolute Gasteiger partial charge is 0.506 e. The molecule has 2 heterocycles. The van der Waals surface area contributed by atoms with Crippen LogP contribution in [-0.2, 0) is 18.8 Å². The summed E-state index contributed by atoms with van der Waals surface area (Å²) in [6.45, 7) is 0. The van der Waals surface area contributed by atoms with Gasteiger partial charge in [0.15, 0.2) is 0 Å². The van der Waals surface area contributed by atoms with Gasteiger partial charge >= 0.3 is 22.3 Å².